The number of halogens is 1. The number of methoxy groups -OCH3 is 1. The third kappa shape index (κ3) is 2.94. The smallest absolute Gasteiger partial charge is 0.0867 e. The SMILES string of the molecule is CCc1nnsc1C(N)c1c(Cl)cnn1CCOC. The molecule has 2 N–H and O–H groups in total. The molecule has 0 aliphatic carbocycles. The molecule has 0 radical (unpaired) electrons. The largest absolute Gasteiger partial charge is 0.383 e. The van der Waals surface area contributed by atoms with Crippen molar-refractivity contribution in [2.24, 2.45) is 5.73 Å². The Morgan fingerprint density at radius 3 is 3.05 bits per heavy atom. The van der Waals surface area contributed by atoms with E-state index in [0.717, 1.165) is 22.7 Å². The fourth-order valence-corrected chi connectivity index (χ4v) is 2.86. The Morgan fingerprint density at radius 1 is 1.58 bits per heavy atom. The summed E-state index contributed by atoms with van der Waals surface area (Å²) in [6.45, 7) is 3.19. The van der Waals surface area contributed by atoms with Gasteiger partial charge in [-0.25, -0.2) is 0 Å². The third-order valence-electron chi connectivity index (χ3n) is 2.84. The normalized spacial score (nSPS) is 12.8. The highest BCUT2D eigenvalue weighted by molar-refractivity contribution is 7.05. The second-order valence-electron chi connectivity index (χ2n) is 4.01. The quantitative estimate of drug-likeness (QED) is 0.877. The molecule has 2 rings (SSSR count). The maximum atomic E-state index is 6.30. The fourth-order valence-electron chi connectivity index (χ4n) is 1.86. The highest BCUT2D eigenvalue weighted by Crippen LogP contribution is 2.29. The van der Waals surface area contributed by atoms with Crippen LogP contribution in [0.15, 0.2) is 6.20 Å². The lowest BCUT2D eigenvalue weighted by Gasteiger charge is -2.14. The summed E-state index contributed by atoms with van der Waals surface area (Å²) in [5.41, 5.74) is 7.99. The highest BCUT2D eigenvalue weighted by Gasteiger charge is 2.23. The van der Waals surface area contributed by atoms with E-state index in [4.69, 9.17) is 22.1 Å². The van der Waals surface area contributed by atoms with E-state index in [2.05, 4.69) is 14.7 Å². The zero-order valence-corrected chi connectivity index (χ0v) is 12.4. The van der Waals surface area contributed by atoms with Gasteiger partial charge in [0.25, 0.3) is 0 Å². The van der Waals surface area contributed by atoms with Crippen molar-refractivity contribution >= 4 is 23.1 Å². The first-order valence-corrected chi connectivity index (χ1v) is 7.11. The van der Waals surface area contributed by atoms with Crippen LogP contribution in [0.4, 0.5) is 0 Å². The molecule has 1 atom stereocenters. The van der Waals surface area contributed by atoms with Gasteiger partial charge in [0.2, 0.25) is 0 Å². The van der Waals surface area contributed by atoms with Gasteiger partial charge in [0, 0.05) is 7.11 Å². The summed E-state index contributed by atoms with van der Waals surface area (Å²) in [6.07, 6.45) is 2.40. The zero-order valence-electron chi connectivity index (χ0n) is 10.8. The molecule has 0 amide bonds. The molecule has 104 valence electrons. The minimum Gasteiger partial charge on any atom is -0.383 e. The van der Waals surface area contributed by atoms with Crippen LogP contribution in [0.5, 0.6) is 0 Å². The second-order valence-corrected chi connectivity index (χ2v) is 5.20. The molecule has 0 aromatic carbocycles. The predicted molar refractivity (Wildman–Crippen MR) is 74.4 cm³/mol. The van der Waals surface area contributed by atoms with Crippen LogP contribution in [-0.4, -0.2) is 33.1 Å². The lowest BCUT2D eigenvalue weighted by atomic mass is 10.1. The summed E-state index contributed by atoms with van der Waals surface area (Å²) in [5.74, 6) is 0. The lowest BCUT2D eigenvalue weighted by molar-refractivity contribution is 0.182. The van der Waals surface area contributed by atoms with Gasteiger partial charge in [-0.05, 0) is 18.0 Å². The number of hydrogen-bond donors (Lipinski definition) is 1. The number of nitrogens with zero attached hydrogens (tertiary/aromatic N) is 4. The predicted octanol–water partition coefficient (Wildman–Crippen LogP) is 1.64. The molecule has 2 heterocycles. The van der Waals surface area contributed by atoms with Crippen LogP contribution < -0.4 is 5.73 Å². The molecule has 0 aliphatic heterocycles. The Balaban J connectivity index is 2.32. The minimum atomic E-state index is -0.359. The molecule has 0 bridgehead atoms. The molecule has 0 aliphatic rings. The Bertz CT molecular complexity index is 541. The van der Waals surface area contributed by atoms with Crippen molar-refractivity contribution in [2.75, 3.05) is 13.7 Å². The molecule has 8 heteroatoms. The van der Waals surface area contributed by atoms with E-state index in [1.54, 1.807) is 18.0 Å². The van der Waals surface area contributed by atoms with E-state index in [0.29, 0.717) is 18.2 Å². The number of nitrogens with two attached hydrogens (primary N) is 1. The maximum absolute atomic E-state index is 6.30. The van der Waals surface area contributed by atoms with Crippen molar-refractivity contribution < 1.29 is 4.74 Å². The molecule has 1 unspecified atom stereocenters. The molecule has 2 aromatic rings. The average Bonchev–Trinajstić information content (AvgIpc) is 3.02. The summed E-state index contributed by atoms with van der Waals surface area (Å²) < 4.78 is 10.8. The minimum absolute atomic E-state index is 0.359. The summed E-state index contributed by atoms with van der Waals surface area (Å²) in [4.78, 5) is 0.934. The van der Waals surface area contributed by atoms with Crippen LogP contribution in [0, 0.1) is 0 Å². The molecule has 2 aromatic heterocycles. The van der Waals surface area contributed by atoms with Crippen LogP contribution in [0.3, 0.4) is 0 Å². The first kappa shape index (κ1) is 14.4. The van der Waals surface area contributed by atoms with Gasteiger partial charge in [0.05, 0.1) is 46.7 Å². The third-order valence-corrected chi connectivity index (χ3v) is 3.98. The first-order chi connectivity index (χ1) is 9.19. The number of rotatable bonds is 6. The fraction of sp³-hybridized carbons (Fsp3) is 0.545. The number of aromatic nitrogens is 4. The van der Waals surface area contributed by atoms with E-state index in [9.17, 15) is 0 Å². The van der Waals surface area contributed by atoms with Crippen LogP contribution >= 0.6 is 23.1 Å². The van der Waals surface area contributed by atoms with Crippen molar-refractivity contribution in [1.82, 2.24) is 19.4 Å². The van der Waals surface area contributed by atoms with Crippen molar-refractivity contribution in [3.05, 3.63) is 27.5 Å². The lowest BCUT2D eigenvalue weighted by Crippen LogP contribution is -2.19. The summed E-state index contributed by atoms with van der Waals surface area (Å²) in [6, 6.07) is -0.359. The van der Waals surface area contributed by atoms with Gasteiger partial charge in [0.1, 0.15) is 0 Å². The topological polar surface area (TPSA) is 78.9 Å². The summed E-state index contributed by atoms with van der Waals surface area (Å²) >= 11 is 7.50. The van der Waals surface area contributed by atoms with E-state index < -0.39 is 0 Å². The van der Waals surface area contributed by atoms with Crippen LogP contribution in [-0.2, 0) is 17.7 Å². The molecule has 19 heavy (non-hydrogen) atoms. The Labute approximate surface area is 120 Å². The van der Waals surface area contributed by atoms with Crippen molar-refractivity contribution in [1.29, 1.82) is 0 Å². The zero-order chi connectivity index (χ0) is 13.8. The van der Waals surface area contributed by atoms with E-state index >= 15 is 0 Å². The summed E-state index contributed by atoms with van der Waals surface area (Å²) in [5, 5.41) is 8.86. The van der Waals surface area contributed by atoms with Gasteiger partial charge in [-0.2, -0.15) is 5.10 Å². The monoisotopic (exact) mass is 301 g/mol. The molecule has 0 fully saturated rings. The van der Waals surface area contributed by atoms with E-state index in [1.165, 1.54) is 11.5 Å². The van der Waals surface area contributed by atoms with Crippen LogP contribution in [0.2, 0.25) is 5.02 Å². The van der Waals surface area contributed by atoms with Gasteiger partial charge in [0.15, 0.2) is 0 Å². The van der Waals surface area contributed by atoms with Gasteiger partial charge in [-0.3, -0.25) is 4.68 Å². The first-order valence-electron chi connectivity index (χ1n) is 5.95. The molecule has 0 saturated heterocycles. The van der Waals surface area contributed by atoms with E-state index in [-0.39, 0.29) is 6.04 Å². The number of aryl methyl sites for hydroxylation is 1. The molecule has 0 saturated carbocycles. The van der Waals surface area contributed by atoms with Gasteiger partial charge < -0.3 is 10.5 Å². The highest BCUT2D eigenvalue weighted by atomic mass is 35.5. The average molecular weight is 302 g/mol. The molecule has 6 nitrogen and oxygen atoms in total. The number of hydrogen-bond acceptors (Lipinski definition) is 6. The van der Waals surface area contributed by atoms with Gasteiger partial charge in [-0.15, -0.1) is 5.10 Å². The number of ether oxygens (including phenoxy) is 1. The Kier molecular flexibility index (Phi) is 4.87. The van der Waals surface area contributed by atoms with Crippen molar-refractivity contribution in [2.45, 2.75) is 25.9 Å². The maximum Gasteiger partial charge on any atom is 0.0867 e. The molecular weight excluding hydrogens is 286 g/mol. The Morgan fingerprint density at radius 2 is 2.37 bits per heavy atom. The van der Waals surface area contributed by atoms with Crippen LogP contribution in [0.1, 0.15) is 29.2 Å². The van der Waals surface area contributed by atoms with Crippen molar-refractivity contribution in [3.63, 3.8) is 0 Å². The summed E-state index contributed by atoms with van der Waals surface area (Å²) in [7, 11) is 1.65. The van der Waals surface area contributed by atoms with Crippen molar-refractivity contribution in [3.8, 4) is 0 Å². The second kappa shape index (κ2) is 6.42. The van der Waals surface area contributed by atoms with Crippen LogP contribution in [0.25, 0.3) is 0 Å². The van der Waals surface area contributed by atoms with Gasteiger partial charge in [-0.1, -0.05) is 23.0 Å². The standard InChI is InChI=1S/C11H16ClN5OS/c1-3-8-11(19-16-15-8)9(13)10-7(12)6-14-17(10)4-5-18-2/h6,9H,3-5,13H2,1-2H3. The molecular formula is C11H16ClN5OS. The van der Waals surface area contributed by atoms with E-state index in [1.807, 2.05) is 6.92 Å². The van der Waals surface area contributed by atoms with Gasteiger partial charge >= 0.3 is 0 Å². The Hall–Kier alpha value is -1.02. The molecule has 0 spiro atoms.